The van der Waals surface area contributed by atoms with Crippen LogP contribution in [0, 0.1) is 0 Å². The van der Waals surface area contributed by atoms with Gasteiger partial charge in [0.25, 0.3) is 0 Å². The third-order valence-electron chi connectivity index (χ3n) is 4.93. The van der Waals surface area contributed by atoms with Crippen LogP contribution in [-0.4, -0.2) is 63.4 Å². The van der Waals surface area contributed by atoms with Crippen LogP contribution in [0.2, 0.25) is 0 Å². The molecular weight excluding hydrogens is 358 g/mol. The van der Waals surface area contributed by atoms with Crippen LogP contribution in [0.5, 0.6) is 0 Å². The smallest absolute Gasteiger partial charge is 0.246 e. The standard InChI is InChI=1S/C21H39N3O4/c1-21(2,22-3)12-11-19(25)23-13-15-27-16-14-24-20(26)17-28-18-9-7-5-4-6-8-10-18/h7,9,18,22H,4-6,8,10-17H2,1-3H3,(H,23,25)(H,24,26)/b9-7-. The lowest BCUT2D eigenvalue weighted by Gasteiger charge is -2.23. The Morgan fingerprint density at radius 3 is 2.50 bits per heavy atom. The van der Waals surface area contributed by atoms with E-state index >= 15 is 0 Å². The molecule has 1 atom stereocenters. The van der Waals surface area contributed by atoms with Crippen LogP contribution in [0.4, 0.5) is 0 Å². The minimum absolute atomic E-state index is 0.0284. The van der Waals surface area contributed by atoms with Gasteiger partial charge < -0.3 is 25.4 Å². The van der Waals surface area contributed by atoms with Gasteiger partial charge in [-0.25, -0.2) is 0 Å². The predicted octanol–water partition coefficient (Wildman–Crippen LogP) is 1.92. The quantitative estimate of drug-likeness (QED) is 0.326. The molecule has 28 heavy (non-hydrogen) atoms. The van der Waals surface area contributed by atoms with Crippen molar-refractivity contribution in [2.75, 3.05) is 40.0 Å². The van der Waals surface area contributed by atoms with Crippen LogP contribution in [0.1, 0.15) is 58.8 Å². The van der Waals surface area contributed by atoms with E-state index < -0.39 is 0 Å². The molecule has 0 aromatic heterocycles. The molecule has 0 fully saturated rings. The fraction of sp³-hybridized carbons (Fsp3) is 0.810. The minimum Gasteiger partial charge on any atom is -0.378 e. The molecule has 1 aliphatic carbocycles. The van der Waals surface area contributed by atoms with Crippen molar-refractivity contribution in [2.45, 2.75) is 70.4 Å². The van der Waals surface area contributed by atoms with Gasteiger partial charge in [-0.2, -0.15) is 0 Å². The Morgan fingerprint density at radius 1 is 1.07 bits per heavy atom. The molecule has 0 spiro atoms. The summed E-state index contributed by atoms with van der Waals surface area (Å²) in [5.41, 5.74) is -0.0401. The van der Waals surface area contributed by atoms with Crippen molar-refractivity contribution in [3.63, 3.8) is 0 Å². The van der Waals surface area contributed by atoms with Gasteiger partial charge in [0, 0.05) is 25.0 Å². The van der Waals surface area contributed by atoms with Gasteiger partial charge in [0.05, 0.1) is 19.3 Å². The van der Waals surface area contributed by atoms with Crippen LogP contribution < -0.4 is 16.0 Å². The number of nitrogens with one attached hydrogen (secondary N) is 3. The molecule has 0 aliphatic heterocycles. The number of rotatable bonds is 13. The van der Waals surface area contributed by atoms with Gasteiger partial charge >= 0.3 is 0 Å². The highest BCUT2D eigenvalue weighted by molar-refractivity contribution is 5.77. The van der Waals surface area contributed by atoms with Gasteiger partial charge in [0.15, 0.2) is 0 Å². The van der Waals surface area contributed by atoms with E-state index in [1.807, 2.05) is 7.05 Å². The second-order valence-corrected chi connectivity index (χ2v) is 7.86. The summed E-state index contributed by atoms with van der Waals surface area (Å²) in [5, 5.41) is 8.80. The molecule has 0 saturated carbocycles. The number of hydrogen-bond acceptors (Lipinski definition) is 5. The third-order valence-corrected chi connectivity index (χ3v) is 4.93. The van der Waals surface area contributed by atoms with Crippen molar-refractivity contribution in [3.8, 4) is 0 Å². The molecule has 7 nitrogen and oxygen atoms in total. The van der Waals surface area contributed by atoms with E-state index in [1.165, 1.54) is 12.8 Å². The summed E-state index contributed by atoms with van der Waals surface area (Å²) in [4.78, 5) is 23.6. The lowest BCUT2D eigenvalue weighted by Crippen LogP contribution is -2.38. The molecule has 2 amide bonds. The van der Waals surface area contributed by atoms with Gasteiger partial charge in [-0.3, -0.25) is 9.59 Å². The lowest BCUT2D eigenvalue weighted by molar-refractivity contribution is -0.127. The number of carbonyl (C=O) groups excluding carboxylic acids is 2. The summed E-state index contributed by atoms with van der Waals surface area (Å²) < 4.78 is 11.1. The molecule has 0 heterocycles. The molecule has 7 heteroatoms. The van der Waals surface area contributed by atoms with Crippen molar-refractivity contribution in [1.29, 1.82) is 0 Å². The third kappa shape index (κ3) is 12.9. The first kappa shape index (κ1) is 24.6. The van der Waals surface area contributed by atoms with Crippen molar-refractivity contribution >= 4 is 11.8 Å². The Labute approximate surface area is 170 Å². The molecule has 0 radical (unpaired) electrons. The first-order valence-electron chi connectivity index (χ1n) is 10.5. The predicted molar refractivity (Wildman–Crippen MR) is 111 cm³/mol. The topological polar surface area (TPSA) is 88.7 Å². The van der Waals surface area contributed by atoms with Gasteiger partial charge in [-0.1, -0.05) is 25.0 Å². The van der Waals surface area contributed by atoms with Crippen LogP contribution in [-0.2, 0) is 19.1 Å². The van der Waals surface area contributed by atoms with E-state index in [0.717, 1.165) is 25.7 Å². The zero-order chi connectivity index (χ0) is 20.7. The normalized spacial score (nSPS) is 18.8. The average molecular weight is 398 g/mol. The molecule has 1 unspecified atom stereocenters. The molecule has 1 rings (SSSR count). The average Bonchev–Trinajstić information content (AvgIpc) is 2.65. The Hall–Kier alpha value is -1.44. The monoisotopic (exact) mass is 397 g/mol. The maximum atomic E-state index is 11.8. The minimum atomic E-state index is -0.125. The number of amides is 2. The van der Waals surface area contributed by atoms with Gasteiger partial charge in [0.2, 0.25) is 11.8 Å². The Kier molecular flexibility index (Phi) is 12.8. The largest absolute Gasteiger partial charge is 0.378 e. The van der Waals surface area contributed by atoms with Crippen molar-refractivity contribution in [3.05, 3.63) is 12.2 Å². The van der Waals surface area contributed by atoms with Crippen LogP contribution in [0.25, 0.3) is 0 Å². The SMILES string of the molecule is CNC(C)(C)CCC(=O)NCCOCCNC(=O)COC1/C=C\CCCCC1. The number of hydrogen-bond donors (Lipinski definition) is 3. The number of carbonyl (C=O) groups is 2. The second-order valence-electron chi connectivity index (χ2n) is 7.86. The molecule has 0 saturated heterocycles. The van der Waals surface area contributed by atoms with Crippen LogP contribution in [0.3, 0.4) is 0 Å². The maximum Gasteiger partial charge on any atom is 0.246 e. The highest BCUT2D eigenvalue weighted by atomic mass is 16.5. The van der Waals surface area contributed by atoms with Crippen LogP contribution >= 0.6 is 0 Å². The zero-order valence-electron chi connectivity index (χ0n) is 17.9. The van der Waals surface area contributed by atoms with Gasteiger partial charge in [0.1, 0.15) is 6.61 Å². The lowest BCUT2D eigenvalue weighted by atomic mass is 9.99. The molecule has 0 bridgehead atoms. The Balaban J connectivity index is 1.97. The van der Waals surface area contributed by atoms with E-state index in [0.29, 0.717) is 32.7 Å². The summed E-state index contributed by atoms with van der Waals surface area (Å²) in [6.45, 7) is 5.97. The fourth-order valence-corrected chi connectivity index (χ4v) is 2.77. The molecule has 1 aliphatic rings. The van der Waals surface area contributed by atoms with Crippen molar-refractivity contribution in [2.24, 2.45) is 0 Å². The highest BCUT2D eigenvalue weighted by Gasteiger charge is 2.16. The summed E-state index contributed by atoms with van der Waals surface area (Å²) in [5.74, 6) is -0.0971. The highest BCUT2D eigenvalue weighted by Crippen LogP contribution is 2.14. The van der Waals surface area contributed by atoms with Crippen molar-refractivity contribution < 1.29 is 19.1 Å². The second kappa shape index (κ2) is 14.5. The zero-order valence-corrected chi connectivity index (χ0v) is 17.9. The molecule has 0 aromatic rings. The van der Waals surface area contributed by atoms with Gasteiger partial charge in [-0.15, -0.1) is 0 Å². The fourth-order valence-electron chi connectivity index (χ4n) is 2.77. The summed E-state index contributed by atoms with van der Waals surface area (Å²) >= 11 is 0. The van der Waals surface area contributed by atoms with Crippen molar-refractivity contribution in [1.82, 2.24) is 16.0 Å². The molecule has 3 N–H and O–H groups in total. The van der Waals surface area contributed by atoms with E-state index in [-0.39, 0.29) is 30.1 Å². The number of ether oxygens (including phenoxy) is 2. The molecule has 162 valence electrons. The van der Waals surface area contributed by atoms with E-state index in [4.69, 9.17) is 9.47 Å². The molecular formula is C21H39N3O4. The number of allylic oxidation sites excluding steroid dienone is 1. The van der Waals surface area contributed by atoms with E-state index in [2.05, 4.69) is 41.9 Å². The summed E-state index contributed by atoms with van der Waals surface area (Å²) in [6, 6.07) is 0. The first-order valence-corrected chi connectivity index (χ1v) is 10.5. The Bertz CT molecular complexity index is 480. The summed E-state index contributed by atoms with van der Waals surface area (Å²) in [7, 11) is 1.89. The maximum absolute atomic E-state index is 11.8. The molecule has 0 aromatic carbocycles. The summed E-state index contributed by atoms with van der Waals surface area (Å²) in [6.07, 6.45) is 11.2. The first-order chi connectivity index (χ1) is 13.4. The van der Waals surface area contributed by atoms with E-state index in [1.54, 1.807) is 0 Å². The Morgan fingerprint density at radius 2 is 1.79 bits per heavy atom. The van der Waals surface area contributed by atoms with Gasteiger partial charge in [-0.05, 0) is 46.6 Å². The van der Waals surface area contributed by atoms with E-state index in [9.17, 15) is 9.59 Å². The van der Waals surface area contributed by atoms with Crippen LogP contribution in [0.15, 0.2) is 12.2 Å².